The molecule has 0 aliphatic rings. The first-order chi connectivity index (χ1) is 15.0. The fraction of sp³-hybridized carbons (Fsp3) is 0.0870. The number of nitrogens with zero attached hydrogens (tertiary/aromatic N) is 1. The number of rotatable bonds is 5. The zero-order chi connectivity index (χ0) is 21.8. The Morgan fingerprint density at radius 1 is 1.13 bits per heavy atom. The Labute approximate surface area is 203 Å². The molecule has 156 valence electrons. The van der Waals surface area contributed by atoms with Crippen molar-refractivity contribution < 1.29 is 9.53 Å². The molecule has 8 heteroatoms. The number of para-hydroxylation sites is 1. The van der Waals surface area contributed by atoms with E-state index >= 15 is 0 Å². The molecule has 3 aromatic carbocycles. The largest absolute Gasteiger partial charge is 0.494 e. The molecule has 0 saturated carbocycles. The Kier molecular flexibility index (Phi) is 6.79. The van der Waals surface area contributed by atoms with Crippen molar-refractivity contribution in [2.75, 3.05) is 11.9 Å². The number of nitrogens with one attached hydrogen (secondary N) is 2. The standard InChI is InChI=1S/C23H18IN3O2S2/c1-2-29-16-10-7-14(8-11-16)21(28)27-23(30)26-18-12-9-15(24)13-17(18)22-25-19-5-3-4-6-20(19)31-22/h3-13H,2H2,1H3,(H2,26,27,28,30). The number of hydrogen-bond donors (Lipinski definition) is 2. The summed E-state index contributed by atoms with van der Waals surface area (Å²) in [6, 6.07) is 21.0. The van der Waals surface area contributed by atoms with Crippen LogP contribution in [0.15, 0.2) is 66.7 Å². The Balaban J connectivity index is 1.52. The van der Waals surface area contributed by atoms with Gasteiger partial charge in [-0.15, -0.1) is 11.3 Å². The predicted octanol–water partition coefficient (Wildman–Crippen LogP) is 6.09. The summed E-state index contributed by atoms with van der Waals surface area (Å²) in [5.41, 5.74) is 3.18. The number of amides is 1. The third kappa shape index (κ3) is 5.20. The van der Waals surface area contributed by atoms with Gasteiger partial charge in [-0.05, 0) is 96.3 Å². The number of halogens is 1. The third-order valence-electron chi connectivity index (χ3n) is 4.41. The van der Waals surface area contributed by atoms with Gasteiger partial charge in [0.05, 0.1) is 22.5 Å². The van der Waals surface area contributed by atoms with Crippen LogP contribution >= 0.6 is 46.1 Å². The van der Waals surface area contributed by atoms with Gasteiger partial charge in [0.1, 0.15) is 10.8 Å². The van der Waals surface area contributed by atoms with Gasteiger partial charge in [0.25, 0.3) is 5.91 Å². The third-order valence-corrected chi connectivity index (χ3v) is 6.35. The first-order valence-corrected chi connectivity index (χ1v) is 11.8. The molecular formula is C23H18IN3O2S2. The summed E-state index contributed by atoms with van der Waals surface area (Å²) in [6.07, 6.45) is 0. The van der Waals surface area contributed by atoms with Gasteiger partial charge in [-0.2, -0.15) is 0 Å². The van der Waals surface area contributed by atoms with Crippen molar-refractivity contribution in [1.29, 1.82) is 0 Å². The molecule has 31 heavy (non-hydrogen) atoms. The molecular weight excluding hydrogens is 541 g/mol. The van der Waals surface area contributed by atoms with Crippen LogP contribution < -0.4 is 15.4 Å². The highest BCUT2D eigenvalue weighted by Gasteiger charge is 2.14. The summed E-state index contributed by atoms with van der Waals surface area (Å²) >= 11 is 9.29. The molecule has 0 radical (unpaired) electrons. The zero-order valence-electron chi connectivity index (χ0n) is 16.5. The number of thiazole rings is 1. The van der Waals surface area contributed by atoms with Crippen molar-refractivity contribution in [2.45, 2.75) is 6.92 Å². The maximum atomic E-state index is 12.6. The molecule has 0 fully saturated rings. The van der Waals surface area contributed by atoms with Crippen molar-refractivity contribution in [3.8, 4) is 16.3 Å². The van der Waals surface area contributed by atoms with Crippen LogP contribution in [0, 0.1) is 3.57 Å². The molecule has 4 rings (SSSR count). The molecule has 0 aliphatic heterocycles. The molecule has 0 atom stereocenters. The average Bonchev–Trinajstić information content (AvgIpc) is 3.20. The topological polar surface area (TPSA) is 63.2 Å². The van der Waals surface area contributed by atoms with Gasteiger partial charge in [0, 0.05) is 14.7 Å². The molecule has 4 aromatic rings. The molecule has 1 amide bonds. The second-order valence-corrected chi connectivity index (χ2v) is 9.23. The zero-order valence-corrected chi connectivity index (χ0v) is 20.3. The number of carbonyl (C=O) groups excluding carboxylic acids is 1. The predicted molar refractivity (Wildman–Crippen MR) is 139 cm³/mol. The molecule has 1 heterocycles. The number of aromatic nitrogens is 1. The van der Waals surface area contributed by atoms with Gasteiger partial charge in [0.15, 0.2) is 5.11 Å². The van der Waals surface area contributed by atoms with Crippen LogP contribution in [0.1, 0.15) is 17.3 Å². The first-order valence-electron chi connectivity index (χ1n) is 9.54. The van der Waals surface area contributed by atoms with E-state index in [4.69, 9.17) is 21.9 Å². The van der Waals surface area contributed by atoms with E-state index < -0.39 is 0 Å². The molecule has 1 aromatic heterocycles. The van der Waals surface area contributed by atoms with E-state index in [0.717, 1.165) is 35.8 Å². The molecule has 0 bridgehead atoms. The van der Waals surface area contributed by atoms with E-state index in [2.05, 4.69) is 45.4 Å². The van der Waals surface area contributed by atoms with E-state index in [9.17, 15) is 4.79 Å². The monoisotopic (exact) mass is 559 g/mol. The molecule has 0 saturated heterocycles. The number of anilines is 1. The van der Waals surface area contributed by atoms with Gasteiger partial charge < -0.3 is 10.1 Å². The van der Waals surface area contributed by atoms with Crippen LogP contribution in [0.5, 0.6) is 5.75 Å². The summed E-state index contributed by atoms with van der Waals surface area (Å²) in [6.45, 7) is 2.49. The van der Waals surface area contributed by atoms with E-state index in [1.807, 2.05) is 37.3 Å². The minimum atomic E-state index is -0.285. The maximum absolute atomic E-state index is 12.6. The molecule has 0 spiro atoms. The molecule has 0 unspecified atom stereocenters. The number of carbonyl (C=O) groups is 1. The van der Waals surface area contributed by atoms with Gasteiger partial charge in [0.2, 0.25) is 0 Å². The second kappa shape index (κ2) is 9.71. The van der Waals surface area contributed by atoms with Crippen molar-refractivity contribution in [3.63, 3.8) is 0 Å². The Morgan fingerprint density at radius 3 is 2.65 bits per heavy atom. The van der Waals surface area contributed by atoms with Gasteiger partial charge in [-0.1, -0.05) is 12.1 Å². The number of hydrogen-bond acceptors (Lipinski definition) is 5. The van der Waals surface area contributed by atoms with Crippen molar-refractivity contribution in [1.82, 2.24) is 10.3 Å². The quantitative estimate of drug-likeness (QED) is 0.229. The fourth-order valence-electron chi connectivity index (χ4n) is 2.99. The minimum absolute atomic E-state index is 0.224. The lowest BCUT2D eigenvalue weighted by atomic mass is 10.2. The van der Waals surface area contributed by atoms with Crippen molar-refractivity contribution >= 4 is 73.1 Å². The smallest absolute Gasteiger partial charge is 0.257 e. The van der Waals surface area contributed by atoms with Gasteiger partial charge >= 0.3 is 0 Å². The summed E-state index contributed by atoms with van der Waals surface area (Å²) in [4.78, 5) is 17.3. The SMILES string of the molecule is CCOc1ccc(C(=O)NC(=S)Nc2ccc(I)cc2-c2nc3ccccc3s2)cc1. The lowest BCUT2D eigenvalue weighted by molar-refractivity contribution is 0.0977. The van der Waals surface area contributed by atoms with Crippen molar-refractivity contribution in [3.05, 3.63) is 75.9 Å². The second-order valence-electron chi connectivity index (χ2n) is 6.54. The van der Waals surface area contributed by atoms with E-state index in [0.29, 0.717) is 12.2 Å². The highest BCUT2D eigenvalue weighted by molar-refractivity contribution is 14.1. The highest BCUT2D eigenvalue weighted by atomic mass is 127. The van der Waals surface area contributed by atoms with Crippen LogP contribution in [0.2, 0.25) is 0 Å². The average molecular weight is 559 g/mol. The fourth-order valence-corrected chi connectivity index (χ4v) is 4.68. The van der Waals surface area contributed by atoms with Crippen molar-refractivity contribution in [2.24, 2.45) is 0 Å². The molecule has 5 nitrogen and oxygen atoms in total. The van der Waals surface area contributed by atoms with Crippen LogP contribution in [0.4, 0.5) is 5.69 Å². The first kappa shape index (κ1) is 21.7. The number of ether oxygens (including phenoxy) is 1. The minimum Gasteiger partial charge on any atom is -0.494 e. The number of fused-ring (bicyclic) bond motifs is 1. The Bertz CT molecular complexity index is 1220. The molecule has 0 aliphatic carbocycles. The summed E-state index contributed by atoms with van der Waals surface area (Å²) in [7, 11) is 0. The summed E-state index contributed by atoms with van der Waals surface area (Å²) < 4.78 is 7.62. The van der Waals surface area contributed by atoms with E-state index in [-0.39, 0.29) is 11.0 Å². The summed E-state index contributed by atoms with van der Waals surface area (Å²) in [5.74, 6) is 0.437. The maximum Gasteiger partial charge on any atom is 0.257 e. The normalized spacial score (nSPS) is 10.6. The van der Waals surface area contributed by atoms with Crippen LogP contribution in [0.25, 0.3) is 20.8 Å². The number of thiocarbonyl (C=S) groups is 1. The number of benzene rings is 3. The van der Waals surface area contributed by atoms with E-state index in [1.165, 1.54) is 0 Å². The Morgan fingerprint density at radius 2 is 1.90 bits per heavy atom. The summed E-state index contributed by atoms with van der Waals surface area (Å²) in [5, 5.41) is 7.00. The highest BCUT2D eigenvalue weighted by Crippen LogP contribution is 2.35. The van der Waals surface area contributed by atoms with Crippen LogP contribution in [-0.4, -0.2) is 22.6 Å². The van der Waals surface area contributed by atoms with Crippen LogP contribution in [0.3, 0.4) is 0 Å². The lowest BCUT2D eigenvalue weighted by Crippen LogP contribution is -2.34. The van der Waals surface area contributed by atoms with Gasteiger partial charge in [-0.25, -0.2) is 4.98 Å². The molecule has 2 N–H and O–H groups in total. The Hall–Kier alpha value is -2.56. The van der Waals surface area contributed by atoms with Crippen LogP contribution in [-0.2, 0) is 0 Å². The lowest BCUT2D eigenvalue weighted by Gasteiger charge is -2.13. The van der Waals surface area contributed by atoms with E-state index in [1.54, 1.807) is 35.6 Å². The van der Waals surface area contributed by atoms with Gasteiger partial charge in [-0.3, -0.25) is 10.1 Å².